The van der Waals surface area contributed by atoms with Gasteiger partial charge in [0.1, 0.15) is 12.4 Å². The predicted molar refractivity (Wildman–Crippen MR) is 129 cm³/mol. The first kappa shape index (κ1) is 23.7. The normalized spacial score (nSPS) is 11.7. The van der Waals surface area contributed by atoms with Gasteiger partial charge in [-0.25, -0.2) is 0 Å². The topological polar surface area (TPSA) is 36.9 Å². The molecule has 0 saturated carbocycles. The summed E-state index contributed by atoms with van der Waals surface area (Å²) in [6, 6.07) is 24.5. The Balaban J connectivity index is 1.57. The van der Waals surface area contributed by atoms with Crippen LogP contribution >= 0.6 is 0 Å². The molecule has 0 bridgehead atoms. The van der Waals surface area contributed by atoms with E-state index in [1.807, 2.05) is 42.5 Å². The highest BCUT2D eigenvalue weighted by Gasteiger charge is 2.17. The van der Waals surface area contributed by atoms with Crippen LogP contribution in [0.5, 0.6) is 17.2 Å². The molecular formula is C28H34O4. The predicted octanol–water partition coefficient (Wildman–Crippen LogP) is 6.77. The van der Waals surface area contributed by atoms with Gasteiger partial charge in [0, 0.05) is 18.2 Å². The van der Waals surface area contributed by atoms with E-state index in [2.05, 4.69) is 37.3 Å². The van der Waals surface area contributed by atoms with Crippen LogP contribution in [-0.2, 0) is 18.0 Å². The third-order valence-corrected chi connectivity index (χ3v) is 5.57. The Morgan fingerprint density at radius 1 is 0.688 bits per heavy atom. The standard InChI is InChI=1S/C28H34O4/c1-22(12-10-11-17-31-20-23-13-6-4-7-14-23)25-18-27(29-2)28(30-3)19-26(25)32-21-24-15-8-5-9-16-24/h4-9,13-16,18-19,22H,10-12,17,20-21H2,1-3H3. The molecule has 4 nitrogen and oxygen atoms in total. The van der Waals surface area contributed by atoms with Crippen LogP contribution in [0.25, 0.3) is 0 Å². The molecule has 0 radical (unpaired) electrons. The Bertz CT molecular complexity index is 925. The molecular weight excluding hydrogens is 400 g/mol. The summed E-state index contributed by atoms with van der Waals surface area (Å²) in [5.74, 6) is 2.59. The molecule has 32 heavy (non-hydrogen) atoms. The maximum atomic E-state index is 6.22. The summed E-state index contributed by atoms with van der Waals surface area (Å²) in [5, 5.41) is 0. The van der Waals surface area contributed by atoms with Gasteiger partial charge in [0.05, 0.1) is 20.8 Å². The van der Waals surface area contributed by atoms with Gasteiger partial charge >= 0.3 is 0 Å². The van der Waals surface area contributed by atoms with E-state index < -0.39 is 0 Å². The second-order valence-corrected chi connectivity index (χ2v) is 7.95. The van der Waals surface area contributed by atoms with E-state index in [0.717, 1.165) is 48.5 Å². The summed E-state index contributed by atoms with van der Waals surface area (Å²) in [4.78, 5) is 0. The summed E-state index contributed by atoms with van der Waals surface area (Å²) in [5.41, 5.74) is 3.49. The quantitative estimate of drug-likeness (QED) is 0.278. The summed E-state index contributed by atoms with van der Waals surface area (Å²) < 4.78 is 23.1. The highest BCUT2D eigenvalue weighted by Crippen LogP contribution is 2.40. The molecule has 3 aromatic carbocycles. The fourth-order valence-corrected chi connectivity index (χ4v) is 3.70. The number of hydrogen-bond acceptors (Lipinski definition) is 4. The molecule has 0 aliphatic heterocycles. The summed E-state index contributed by atoms with van der Waals surface area (Å²) >= 11 is 0. The van der Waals surface area contributed by atoms with Crippen molar-refractivity contribution in [3.8, 4) is 17.2 Å². The molecule has 0 aromatic heterocycles. The third kappa shape index (κ3) is 7.03. The van der Waals surface area contributed by atoms with Gasteiger partial charge in [-0.1, -0.05) is 74.0 Å². The van der Waals surface area contributed by atoms with E-state index in [4.69, 9.17) is 18.9 Å². The van der Waals surface area contributed by atoms with Gasteiger partial charge in [0.25, 0.3) is 0 Å². The molecule has 0 amide bonds. The Hall–Kier alpha value is -2.98. The van der Waals surface area contributed by atoms with Crippen LogP contribution in [0.1, 0.15) is 48.8 Å². The van der Waals surface area contributed by atoms with Crippen molar-refractivity contribution < 1.29 is 18.9 Å². The summed E-state index contributed by atoms with van der Waals surface area (Å²) in [6.45, 7) is 4.19. The highest BCUT2D eigenvalue weighted by atomic mass is 16.5. The first-order valence-corrected chi connectivity index (χ1v) is 11.3. The van der Waals surface area contributed by atoms with Gasteiger partial charge in [-0.15, -0.1) is 0 Å². The number of ether oxygens (including phenoxy) is 4. The second kappa shape index (κ2) is 12.8. The summed E-state index contributed by atoms with van der Waals surface area (Å²) in [6.07, 6.45) is 3.17. The molecule has 0 heterocycles. The van der Waals surface area contributed by atoms with Crippen molar-refractivity contribution in [2.45, 2.75) is 45.3 Å². The molecule has 0 spiro atoms. The number of hydrogen-bond donors (Lipinski definition) is 0. The van der Waals surface area contributed by atoms with Crippen molar-refractivity contribution >= 4 is 0 Å². The molecule has 3 aromatic rings. The van der Waals surface area contributed by atoms with Gasteiger partial charge in [0.15, 0.2) is 11.5 Å². The lowest BCUT2D eigenvalue weighted by Gasteiger charge is -2.20. The van der Waals surface area contributed by atoms with E-state index in [1.54, 1.807) is 14.2 Å². The molecule has 1 atom stereocenters. The van der Waals surface area contributed by atoms with Crippen LogP contribution in [0, 0.1) is 0 Å². The minimum atomic E-state index is 0.328. The monoisotopic (exact) mass is 434 g/mol. The molecule has 0 saturated heterocycles. The first-order chi connectivity index (χ1) is 15.7. The van der Waals surface area contributed by atoms with Gasteiger partial charge in [-0.2, -0.15) is 0 Å². The molecule has 4 heteroatoms. The fraction of sp³-hybridized carbons (Fsp3) is 0.357. The van der Waals surface area contributed by atoms with Gasteiger partial charge in [-0.3, -0.25) is 0 Å². The van der Waals surface area contributed by atoms with Crippen molar-refractivity contribution in [1.29, 1.82) is 0 Å². The maximum Gasteiger partial charge on any atom is 0.164 e. The van der Waals surface area contributed by atoms with Crippen LogP contribution < -0.4 is 14.2 Å². The number of rotatable bonds is 13. The first-order valence-electron chi connectivity index (χ1n) is 11.3. The van der Waals surface area contributed by atoms with Crippen molar-refractivity contribution in [1.82, 2.24) is 0 Å². The highest BCUT2D eigenvalue weighted by molar-refractivity contribution is 5.52. The third-order valence-electron chi connectivity index (χ3n) is 5.57. The van der Waals surface area contributed by atoms with Gasteiger partial charge in [-0.05, 0) is 36.0 Å². The van der Waals surface area contributed by atoms with E-state index in [-0.39, 0.29) is 0 Å². The van der Waals surface area contributed by atoms with Crippen LogP contribution in [0.3, 0.4) is 0 Å². The minimum Gasteiger partial charge on any atom is -0.493 e. The van der Waals surface area contributed by atoms with E-state index in [1.165, 1.54) is 5.56 Å². The average Bonchev–Trinajstić information content (AvgIpc) is 2.85. The SMILES string of the molecule is COc1cc(OCc2ccccc2)c(C(C)CCCCOCc2ccccc2)cc1OC. The Morgan fingerprint density at radius 2 is 1.28 bits per heavy atom. The number of methoxy groups -OCH3 is 2. The van der Waals surface area contributed by atoms with E-state index >= 15 is 0 Å². The van der Waals surface area contributed by atoms with Crippen LogP contribution in [-0.4, -0.2) is 20.8 Å². The second-order valence-electron chi connectivity index (χ2n) is 7.95. The number of unbranched alkanes of at least 4 members (excludes halogenated alkanes) is 1. The zero-order chi connectivity index (χ0) is 22.6. The zero-order valence-corrected chi connectivity index (χ0v) is 19.4. The minimum absolute atomic E-state index is 0.328. The molecule has 170 valence electrons. The Labute approximate surface area is 192 Å². The zero-order valence-electron chi connectivity index (χ0n) is 19.4. The molecule has 0 aliphatic rings. The fourth-order valence-electron chi connectivity index (χ4n) is 3.70. The summed E-state index contributed by atoms with van der Waals surface area (Å²) in [7, 11) is 3.32. The molecule has 0 aliphatic carbocycles. The Kier molecular flexibility index (Phi) is 9.45. The molecule has 0 fully saturated rings. The van der Waals surface area contributed by atoms with Crippen molar-refractivity contribution in [2.24, 2.45) is 0 Å². The number of benzene rings is 3. The van der Waals surface area contributed by atoms with Crippen LogP contribution in [0.4, 0.5) is 0 Å². The molecule has 3 rings (SSSR count). The van der Waals surface area contributed by atoms with Crippen molar-refractivity contribution in [3.05, 3.63) is 89.5 Å². The lowest BCUT2D eigenvalue weighted by Crippen LogP contribution is -2.04. The van der Waals surface area contributed by atoms with Gasteiger partial charge < -0.3 is 18.9 Å². The van der Waals surface area contributed by atoms with E-state index in [0.29, 0.717) is 24.9 Å². The van der Waals surface area contributed by atoms with Gasteiger partial charge in [0.2, 0.25) is 0 Å². The van der Waals surface area contributed by atoms with E-state index in [9.17, 15) is 0 Å². The molecule has 1 unspecified atom stereocenters. The molecule has 0 N–H and O–H groups in total. The van der Waals surface area contributed by atoms with Crippen LogP contribution in [0.15, 0.2) is 72.8 Å². The lowest BCUT2D eigenvalue weighted by molar-refractivity contribution is 0.116. The Morgan fingerprint density at radius 3 is 1.91 bits per heavy atom. The lowest BCUT2D eigenvalue weighted by atomic mass is 9.94. The van der Waals surface area contributed by atoms with Crippen molar-refractivity contribution in [3.63, 3.8) is 0 Å². The average molecular weight is 435 g/mol. The van der Waals surface area contributed by atoms with Crippen molar-refractivity contribution in [2.75, 3.05) is 20.8 Å². The van der Waals surface area contributed by atoms with Crippen LogP contribution in [0.2, 0.25) is 0 Å². The maximum absolute atomic E-state index is 6.22. The largest absolute Gasteiger partial charge is 0.493 e. The smallest absolute Gasteiger partial charge is 0.164 e.